The number of esters is 1. The van der Waals surface area contributed by atoms with Gasteiger partial charge in [-0.15, -0.1) is 0 Å². The number of carbonyl (C=O) groups is 2. The molecule has 0 bridgehead atoms. The van der Waals surface area contributed by atoms with Gasteiger partial charge in [-0.2, -0.15) is 0 Å². The third-order valence-electron chi connectivity index (χ3n) is 16.0. The van der Waals surface area contributed by atoms with Crippen LogP contribution in [-0.2, 0) is 27.9 Å². The number of phosphoric ester groups is 1. The van der Waals surface area contributed by atoms with Crippen molar-refractivity contribution in [3.8, 4) is 0 Å². The molecule has 0 radical (unpaired) electrons. The topological polar surface area (TPSA) is 114 Å². The summed E-state index contributed by atoms with van der Waals surface area (Å²) in [5, 5.41) is 3.03. The van der Waals surface area contributed by atoms with Gasteiger partial charge in [0.25, 0.3) is 7.82 Å². The number of likely N-dealkylation sites (N-methyl/N-ethyl adjacent to an activating group) is 1. The van der Waals surface area contributed by atoms with Gasteiger partial charge in [0.15, 0.2) is 0 Å². The second kappa shape index (κ2) is 65.9. The van der Waals surface area contributed by atoms with E-state index in [4.69, 9.17) is 13.8 Å². The van der Waals surface area contributed by atoms with Crippen LogP contribution in [-0.4, -0.2) is 69.4 Å². The van der Waals surface area contributed by atoms with Crippen molar-refractivity contribution in [2.75, 3.05) is 40.9 Å². The predicted molar refractivity (Wildman–Crippen MR) is 376 cm³/mol. The molecule has 3 unspecified atom stereocenters. The minimum absolute atomic E-state index is 0.0308. The molecule has 1 N–H and O–H groups in total. The number of hydrogen-bond acceptors (Lipinski definition) is 7. The normalized spacial score (nSPS) is 14.1. The monoisotopic (exact) mass is 1240 g/mol. The summed E-state index contributed by atoms with van der Waals surface area (Å²) in [4.78, 5) is 40.2. The van der Waals surface area contributed by atoms with Crippen molar-refractivity contribution in [2.24, 2.45) is 0 Å². The highest BCUT2D eigenvalue weighted by molar-refractivity contribution is 7.45. The SMILES string of the molecule is CC/C=C\C/C=C\C/C=C\C/C=C\C/C=C\C/C=C\CCCCCCC(=O)NC(COP(=O)([O-])OCC[N+](C)(C)C)C(/C=C/CCCCCCCCCCCCC)OC(=O)CCCCCCCCCCCCCCCCC/C=C/CCCCCCCC. The van der Waals surface area contributed by atoms with E-state index < -0.39 is 26.6 Å². The molecule has 0 rings (SSSR count). The minimum Gasteiger partial charge on any atom is -0.756 e. The molecule has 1 amide bonds. The molecular formula is C77H139N2O7P. The third kappa shape index (κ3) is 67.2. The number of ether oxygens (including phenoxy) is 1. The van der Waals surface area contributed by atoms with Crippen LogP contribution in [0, 0.1) is 0 Å². The standard InChI is InChI=1S/C77H139N2O7P/c1-7-10-13-16-19-22-25-28-30-32-34-36-38-39-41-43-45-47-49-52-55-58-61-64-67-70-77(81)86-75(68-65-62-59-56-53-50-27-24-21-18-15-12-9-3)74(73-85-87(82,83)84-72-71-79(4,5)6)78-76(80)69-66-63-60-57-54-51-48-46-44-42-40-37-35-33-31-29-26-23-20-17-14-11-8-2/h11,14,20,23,28-31,35,37,42,44,48,51,65,68,74-75H,7-10,12-13,15-19,21-22,24-27,32-34,36,38-41,43,45-47,49-50,52-64,66-67,69-73H2,1-6H3,(H-,78,80,82,83)/b14-11-,23-20-,30-28+,31-29-,37-35-,44-42-,51-48-,68-65+. The first kappa shape index (κ1) is 83.9. The van der Waals surface area contributed by atoms with Crippen LogP contribution < -0.4 is 10.2 Å². The first-order valence-corrected chi connectivity index (χ1v) is 38.0. The second-order valence-corrected chi connectivity index (χ2v) is 27.1. The van der Waals surface area contributed by atoms with E-state index >= 15 is 0 Å². The number of phosphoric acid groups is 1. The van der Waals surface area contributed by atoms with Gasteiger partial charge in [-0.25, -0.2) is 0 Å². The number of unbranched alkanes of at least 4 members (excludes halogenated alkanes) is 36. The van der Waals surface area contributed by atoms with Gasteiger partial charge < -0.3 is 28.5 Å². The Bertz CT molecular complexity index is 1810. The molecular weight excluding hydrogens is 1100 g/mol. The molecule has 504 valence electrons. The molecule has 0 heterocycles. The summed E-state index contributed by atoms with van der Waals surface area (Å²) in [6.45, 7) is 6.74. The molecule has 0 aromatic heterocycles. The lowest BCUT2D eigenvalue weighted by molar-refractivity contribution is -0.870. The molecule has 0 aliphatic carbocycles. The molecule has 87 heavy (non-hydrogen) atoms. The van der Waals surface area contributed by atoms with E-state index in [2.05, 4.69) is 111 Å². The van der Waals surface area contributed by atoms with Crippen molar-refractivity contribution < 1.29 is 37.3 Å². The van der Waals surface area contributed by atoms with Crippen molar-refractivity contribution in [3.63, 3.8) is 0 Å². The number of allylic oxidation sites excluding steroid dienone is 15. The molecule has 9 nitrogen and oxygen atoms in total. The largest absolute Gasteiger partial charge is 0.756 e. The Kier molecular flexibility index (Phi) is 63.5. The lowest BCUT2D eigenvalue weighted by Crippen LogP contribution is -2.47. The van der Waals surface area contributed by atoms with Crippen molar-refractivity contribution in [1.29, 1.82) is 0 Å². The summed E-state index contributed by atoms with van der Waals surface area (Å²) in [6, 6.07) is -0.908. The number of amides is 1. The van der Waals surface area contributed by atoms with Gasteiger partial charge in [-0.3, -0.25) is 14.2 Å². The Hall–Kier alpha value is -3.07. The Morgan fingerprint density at radius 1 is 0.414 bits per heavy atom. The average Bonchev–Trinajstić information content (AvgIpc) is 3.69. The van der Waals surface area contributed by atoms with Crippen LogP contribution >= 0.6 is 7.82 Å². The fourth-order valence-corrected chi connectivity index (χ4v) is 11.1. The lowest BCUT2D eigenvalue weighted by atomic mass is 10.0. The summed E-state index contributed by atoms with van der Waals surface area (Å²) in [5.74, 6) is -0.563. The molecule has 0 saturated heterocycles. The van der Waals surface area contributed by atoms with Gasteiger partial charge >= 0.3 is 5.97 Å². The molecule has 0 aromatic carbocycles. The quantitative estimate of drug-likeness (QED) is 0.0212. The fraction of sp³-hybridized carbons (Fsp3) is 0.766. The summed E-state index contributed by atoms with van der Waals surface area (Å²) >= 11 is 0. The summed E-state index contributed by atoms with van der Waals surface area (Å²) in [6.07, 6.45) is 89.6. The van der Waals surface area contributed by atoms with Crippen molar-refractivity contribution in [3.05, 3.63) is 97.2 Å². The van der Waals surface area contributed by atoms with Crippen molar-refractivity contribution in [1.82, 2.24) is 5.32 Å². The zero-order valence-electron chi connectivity index (χ0n) is 57.7. The summed E-state index contributed by atoms with van der Waals surface area (Å²) in [7, 11) is 1.16. The van der Waals surface area contributed by atoms with E-state index in [9.17, 15) is 19.0 Å². The van der Waals surface area contributed by atoms with Crippen molar-refractivity contribution >= 4 is 19.7 Å². The Labute approximate surface area is 538 Å². The predicted octanol–water partition coefficient (Wildman–Crippen LogP) is 22.8. The fourth-order valence-electron chi connectivity index (χ4n) is 10.4. The van der Waals surface area contributed by atoms with Crippen LogP contribution in [0.1, 0.15) is 329 Å². The molecule has 0 fully saturated rings. The molecule has 0 aromatic rings. The second-order valence-electron chi connectivity index (χ2n) is 25.7. The molecule has 0 aliphatic heterocycles. The summed E-state index contributed by atoms with van der Waals surface area (Å²) in [5.41, 5.74) is 0. The number of hydrogen-bond donors (Lipinski definition) is 1. The highest BCUT2D eigenvalue weighted by atomic mass is 31.2. The van der Waals surface area contributed by atoms with Crippen LogP contribution in [0.2, 0.25) is 0 Å². The highest BCUT2D eigenvalue weighted by Crippen LogP contribution is 2.38. The van der Waals surface area contributed by atoms with Gasteiger partial charge in [0.05, 0.1) is 33.8 Å². The third-order valence-corrected chi connectivity index (χ3v) is 17.0. The number of quaternary nitrogens is 1. The van der Waals surface area contributed by atoms with E-state index in [1.807, 2.05) is 33.3 Å². The number of carbonyl (C=O) groups excluding carboxylic acids is 2. The van der Waals surface area contributed by atoms with Gasteiger partial charge in [0.2, 0.25) is 5.91 Å². The van der Waals surface area contributed by atoms with Crippen LogP contribution in [0.5, 0.6) is 0 Å². The van der Waals surface area contributed by atoms with E-state index in [1.54, 1.807) is 0 Å². The molecule has 0 aliphatic rings. The maximum Gasteiger partial charge on any atom is 0.306 e. The lowest BCUT2D eigenvalue weighted by Gasteiger charge is -2.30. The zero-order valence-corrected chi connectivity index (χ0v) is 58.6. The first-order valence-electron chi connectivity index (χ1n) is 36.5. The Morgan fingerprint density at radius 3 is 1.11 bits per heavy atom. The van der Waals surface area contributed by atoms with Crippen LogP contribution in [0.3, 0.4) is 0 Å². The highest BCUT2D eigenvalue weighted by Gasteiger charge is 2.27. The van der Waals surface area contributed by atoms with Gasteiger partial charge in [-0.1, -0.05) is 305 Å². The maximum absolute atomic E-state index is 13.6. The van der Waals surface area contributed by atoms with Crippen LogP contribution in [0.4, 0.5) is 0 Å². The molecule has 0 saturated carbocycles. The molecule has 3 atom stereocenters. The van der Waals surface area contributed by atoms with E-state index in [-0.39, 0.29) is 31.3 Å². The smallest absolute Gasteiger partial charge is 0.306 e. The number of nitrogens with one attached hydrogen (secondary N) is 1. The average molecular weight is 1240 g/mol. The van der Waals surface area contributed by atoms with Gasteiger partial charge in [-0.05, 0) is 109 Å². The van der Waals surface area contributed by atoms with E-state index in [1.165, 1.54) is 186 Å². The Morgan fingerprint density at radius 2 is 0.736 bits per heavy atom. The van der Waals surface area contributed by atoms with E-state index in [0.717, 1.165) is 103 Å². The van der Waals surface area contributed by atoms with Crippen LogP contribution in [0.25, 0.3) is 0 Å². The minimum atomic E-state index is -4.72. The van der Waals surface area contributed by atoms with Crippen molar-refractivity contribution in [2.45, 2.75) is 341 Å². The van der Waals surface area contributed by atoms with Gasteiger partial charge in [0.1, 0.15) is 19.3 Å². The summed E-state index contributed by atoms with van der Waals surface area (Å²) < 4.78 is 30.5. The zero-order chi connectivity index (χ0) is 63.5. The number of rotatable bonds is 66. The van der Waals surface area contributed by atoms with Gasteiger partial charge in [0, 0.05) is 12.8 Å². The van der Waals surface area contributed by atoms with Crippen LogP contribution in [0.15, 0.2) is 97.2 Å². The maximum atomic E-state index is 13.6. The first-order chi connectivity index (χ1) is 42.4. The Balaban J connectivity index is 5.13. The molecule has 10 heteroatoms. The number of nitrogens with zero attached hydrogens (tertiary/aromatic N) is 1. The molecule has 0 spiro atoms. The van der Waals surface area contributed by atoms with E-state index in [0.29, 0.717) is 17.4 Å².